The van der Waals surface area contributed by atoms with E-state index in [-0.39, 0.29) is 0 Å². The zero-order valence-electron chi connectivity index (χ0n) is 33.8. The third-order valence-corrected chi connectivity index (χ3v) is 17.9. The largest absolute Gasteiger partial charge is 0.522 e. The van der Waals surface area contributed by atoms with Crippen molar-refractivity contribution >= 4 is 0 Å². The zero-order chi connectivity index (χ0) is 36.5. The topological polar surface area (TPSA) is 27.7 Å². The molecule has 8 aliphatic rings. The van der Waals surface area contributed by atoms with Crippen LogP contribution in [0.25, 0.3) is 0 Å². The maximum Gasteiger partial charge on any atom is 0.522 e. The molecule has 11 atom stereocenters. The fourth-order valence-electron chi connectivity index (χ4n) is 14.8. The summed E-state index contributed by atoms with van der Waals surface area (Å²) in [6.07, 6.45) is 31.1. The summed E-state index contributed by atoms with van der Waals surface area (Å²) in [6.45, 7) is 4.99. The van der Waals surface area contributed by atoms with E-state index in [1.54, 1.807) is 0 Å². The molecule has 3 nitrogen and oxygen atoms in total. The molecule has 0 heterocycles. The van der Waals surface area contributed by atoms with E-state index < -0.39 is 12.5 Å². The van der Waals surface area contributed by atoms with Crippen LogP contribution in [0, 0.1) is 71.0 Å². The SMILES string of the molecule is CC(CC(CC(C)C1CCC(OC(F)(F)F)CC1)C1CCC(OC2CC3CCC2C3)CC1)C1CCC(OC2CCC3CC4CCCCC4CC3C2)CC1. The summed E-state index contributed by atoms with van der Waals surface area (Å²) in [6, 6.07) is 0. The lowest BCUT2D eigenvalue weighted by Crippen LogP contribution is -2.40. The van der Waals surface area contributed by atoms with Gasteiger partial charge in [0.15, 0.2) is 0 Å². The summed E-state index contributed by atoms with van der Waals surface area (Å²) >= 11 is 0. The predicted octanol–water partition coefficient (Wildman–Crippen LogP) is 13.5. The Labute approximate surface area is 321 Å². The molecule has 53 heavy (non-hydrogen) atoms. The summed E-state index contributed by atoms with van der Waals surface area (Å²) in [5.74, 6) is 9.88. The molecule has 11 unspecified atom stereocenters. The molecule has 8 aliphatic carbocycles. The maximum atomic E-state index is 12.9. The first-order valence-corrected chi connectivity index (χ1v) is 23.7. The van der Waals surface area contributed by atoms with E-state index in [0.717, 1.165) is 72.0 Å². The molecule has 8 saturated carbocycles. The van der Waals surface area contributed by atoms with Crippen molar-refractivity contribution in [2.45, 2.75) is 224 Å². The molecule has 0 aliphatic heterocycles. The predicted molar refractivity (Wildman–Crippen MR) is 206 cm³/mol. The van der Waals surface area contributed by atoms with Gasteiger partial charge in [-0.15, -0.1) is 13.2 Å². The monoisotopic (exact) mass is 747 g/mol. The number of alkyl halides is 3. The highest BCUT2D eigenvalue weighted by Crippen LogP contribution is 2.52. The number of halogens is 3. The number of hydrogen-bond acceptors (Lipinski definition) is 3. The Morgan fingerprint density at radius 1 is 0.453 bits per heavy atom. The van der Waals surface area contributed by atoms with E-state index in [0.29, 0.717) is 49.1 Å². The van der Waals surface area contributed by atoms with Gasteiger partial charge in [-0.2, -0.15) is 0 Å². The van der Waals surface area contributed by atoms with Crippen molar-refractivity contribution in [3.63, 3.8) is 0 Å². The Balaban J connectivity index is 0.816. The number of fused-ring (bicyclic) bond motifs is 4. The third-order valence-electron chi connectivity index (χ3n) is 17.9. The van der Waals surface area contributed by atoms with Gasteiger partial charge in [0, 0.05) is 0 Å². The Morgan fingerprint density at radius 2 is 0.962 bits per heavy atom. The number of hydrogen-bond donors (Lipinski definition) is 0. The van der Waals surface area contributed by atoms with E-state index >= 15 is 0 Å². The van der Waals surface area contributed by atoms with Gasteiger partial charge in [0.05, 0.1) is 30.5 Å². The Kier molecular flexibility index (Phi) is 13.2. The highest BCUT2D eigenvalue weighted by molar-refractivity contribution is 4.94. The second-order valence-corrected chi connectivity index (χ2v) is 21.1. The smallest absolute Gasteiger partial charge is 0.375 e. The molecule has 0 aromatic carbocycles. The van der Waals surface area contributed by atoms with E-state index in [1.807, 2.05) is 0 Å². The minimum atomic E-state index is -4.51. The molecule has 8 fully saturated rings. The second-order valence-electron chi connectivity index (χ2n) is 21.1. The van der Waals surface area contributed by atoms with Crippen LogP contribution in [0.2, 0.25) is 0 Å². The van der Waals surface area contributed by atoms with Crippen LogP contribution >= 0.6 is 0 Å². The molecule has 0 N–H and O–H groups in total. The van der Waals surface area contributed by atoms with Crippen LogP contribution in [-0.4, -0.2) is 36.9 Å². The van der Waals surface area contributed by atoms with Gasteiger partial charge in [-0.25, -0.2) is 0 Å². The van der Waals surface area contributed by atoms with Crippen molar-refractivity contribution in [3.8, 4) is 0 Å². The van der Waals surface area contributed by atoms with Crippen LogP contribution in [0.3, 0.4) is 0 Å². The molecule has 6 heteroatoms. The quantitative estimate of drug-likeness (QED) is 0.199. The fraction of sp³-hybridized carbons (Fsp3) is 1.00. The van der Waals surface area contributed by atoms with Gasteiger partial charge in [-0.05, 0) is 219 Å². The molecular weight excluding hydrogens is 670 g/mol. The normalized spacial score (nSPS) is 45.2. The van der Waals surface area contributed by atoms with E-state index in [4.69, 9.17) is 9.47 Å². The Morgan fingerprint density at radius 3 is 1.53 bits per heavy atom. The lowest BCUT2D eigenvalue weighted by atomic mass is 9.59. The molecule has 0 radical (unpaired) electrons. The third kappa shape index (κ3) is 10.2. The van der Waals surface area contributed by atoms with Gasteiger partial charge in [0.1, 0.15) is 0 Å². The van der Waals surface area contributed by atoms with Crippen LogP contribution in [-0.2, 0) is 14.2 Å². The highest BCUT2D eigenvalue weighted by atomic mass is 19.4. The molecular formula is C47H77F3O3. The highest BCUT2D eigenvalue weighted by Gasteiger charge is 2.44. The van der Waals surface area contributed by atoms with Crippen molar-refractivity contribution < 1.29 is 27.4 Å². The summed E-state index contributed by atoms with van der Waals surface area (Å²) in [5.41, 5.74) is 0. The van der Waals surface area contributed by atoms with Gasteiger partial charge in [0.25, 0.3) is 0 Å². The Bertz CT molecular complexity index is 1120. The summed E-state index contributed by atoms with van der Waals surface area (Å²) < 4.78 is 57.0. The molecule has 2 bridgehead atoms. The minimum absolute atomic E-state index is 0.461. The molecule has 304 valence electrons. The summed E-state index contributed by atoms with van der Waals surface area (Å²) in [7, 11) is 0. The van der Waals surface area contributed by atoms with Gasteiger partial charge in [0.2, 0.25) is 0 Å². The van der Waals surface area contributed by atoms with Crippen LogP contribution in [0.15, 0.2) is 0 Å². The van der Waals surface area contributed by atoms with Crippen molar-refractivity contribution in [3.05, 3.63) is 0 Å². The second kappa shape index (κ2) is 17.7. The molecule has 0 aromatic heterocycles. The minimum Gasteiger partial charge on any atom is -0.375 e. The molecule has 0 aromatic rings. The first-order chi connectivity index (χ1) is 25.6. The van der Waals surface area contributed by atoms with E-state index in [9.17, 15) is 13.2 Å². The summed E-state index contributed by atoms with van der Waals surface area (Å²) in [4.78, 5) is 0. The van der Waals surface area contributed by atoms with Crippen LogP contribution in [0.5, 0.6) is 0 Å². The van der Waals surface area contributed by atoms with Crippen molar-refractivity contribution in [2.75, 3.05) is 0 Å². The van der Waals surface area contributed by atoms with Crippen molar-refractivity contribution in [1.82, 2.24) is 0 Å². The van der Waals surface area contributed by atoms with Crippen LogP contribution in [0.4, 0.5) is 13.2 Å². The first-order valence-electron chi connectivity index (χ1n) is 23.7. The summed E-state index contributed by atoms with van der Waals surface area (Å²) in [5, 5.41) is 0. The molecule has 0 saturated heterocycles. The first kappa shape index (κ1) is 39.5. The van der Waals surface area contributed by atoms with E-state index in [2.05, 4.69) is 18.6 Å². The number of ether oxygens (including phenoxy) is 3. The lowest BCUT2D eigenvalue weighted by molar-refractivity contribution is -0.346. The van der Waals surface area contributed by atoms with Gasteiger partial charge in [-0.3, -0.25) is 4.74 Å². The van der Waals surface area contributed by atoms with Crippen molar-refractivity contribution in [1.29, 1.82) is 0 Å². The van der Waals surface area contributed by atoms with Gasteiger partial charge < -0.3 is 9.47 Å². The van der Waals surface area contributed by atoms with Crippen LogP contribution < -0.4 is 0 Å². The Hall–Kier alpha value is -0.330. The zero-order valence-corrected chi connectivity index (χ0v) is 33.8. The van der Waals surface area contributed by atoms with Crippen LogP contribution in [0.1, 0.15) is 187 Å². The molecule has 8 rings (SSSR count). The fourth-order valence-corrected chi connectivity index (χ4v) is 14.8. The van der Waals surface area contributed by atoms with E-state index in [1.165, 1.54) is 148 Å². The standard InChI is InChI=1S/C47H77F3O3/c1-30(33-9-16-42(17-10-33)51-45-22-15-38-27-36-5-3-4-6-37(36)28-41(38)29-45)23-40(24-31(2)34-11-20-44(21-12-34)53-47(48,49)50)35-13-18-43(19-14-35)52-46-26-32-7-8-39(46)25-32/h30-46H,3-29H2,1-2H3. The molecule has 0 amide bonds. The molecule has 0 spiro atoms. The maximum absolute atomic E-state index is 12.9. The van der Waals surface area contributed by atoms with Gasteiger partial charge >= 0.3 is 6.36 Å². The van der Waals surface area contributed by atoms with Gasteiger partial charge in [-0.1, -0.05) is 39.5 Å². The number of rotatable bonds is 12. The van der Waals surface area contributed by atoms with Crippen molar-refractivity contribution in [2.24, 2.45) is 71.0 Å². The lowest BCUT2D eigenvalue weighted by Gasteiger charge is -2.48. The average molecular weight is 747 g/mol. The average Bonchev–Trinajstić information content (AvgIpc) is 3.78.